The lowest BCUT2D eigenvalue weighted by atomic mass is 10.1. The van der Waals surface area contributed by atoms with Crippen LogP contribution in [0.2, 0.25) is 0 Å². The summed E-state index contributed by atoms with van der Waals surface area (Å²) in [6, 6.07) is 11.9. The normalized spacial score (nSPS) is 11.2. The van der Waals surface area contributed by atoms with Crippen molar-refractivity contribution < 1.29 is 23.2 Å². The van der Waals surface area contributed by atoms with Crippen LogP contribution in [0, 0.1) is 0 Å². The summed E-state index contributed by atoms with van der Waals surface area (Å²) in [4.78, 5) is 11.9. The molecule has 6 heteroatoms. The molecule has 0 unspecified atom stereocenters. The Balaban J connectivity index is 2.40. The third kappa shape index (κ3) is 2.80. The van der Waals surface area contributed by atoms with Crippen LogP contribution in [0.25, 0.3) is 0 Å². The standard InChI is InChI=1S/C14H10F3NO2/c15-14(16,17)11-8-4-5-9-12(11)18(20)13(19)10-6-2-1-3-7-10/h1-9,20H. The summed E-state index contributed by atoms with van der Waals surface area (Å²) in [5.41, 5.74) is -1.59. The Morgan fingerprint density at radius 2 is 1.50 bits per heavy atom. The van der Waals surface area contributed by atoms with Crippen LogP contribution in [0.1, 0.15) is 15.9 Å². The summed E-state index contributed by atoms with van der Waals surface area (Å²) < 4.78 is 38.5. The molecule has 0 radical (unpaired) electrons. The fraction of sp³-hybridized carbons (Fsp3) is 0.0714. The molecule has 2 rings (SSSR count). The summed E-state index contributed by atoms with van der Waals surface area (Å²) in [7, 11) is 0. The number of carbonyl (C=O) groups excluding carboxylic acids is 1. The highest BCUT2D eigenvalue weighted by atomic mass is 19.4. The number of amides is 1. The van der Waals surface area contributed by atoms with Gasteiger partial charge in [0.2, 0.25) is 0 Å². The molecule has 2 aromatic rings. The number of hydroxylamine groups is 1. The average Bonchev–Trinajstić information content (AvgIpc) is 2.46. The number of hydrogen-bond acceptors (Lipinski definition) is 2. The number of nitrogens with zero attached hydrogens (tertiary/aromatic N) is 1. The topological polar surface area (TPSA) is 40.5 Å². The maximum atomic E-state index is 12.8. The fourth-order valence-corrected chi connectivity index (χ4v) is 1.71. The van der Waals surface area contributed by atoms with E-state index >= 15 is 0 Å². The lowest BCUT2D eigenvalue weighted by Gasteiger charge is -2.19. The molecule has 3 nitrogen and oxygen atoms in total. The Morgan fingerprint density at radius 1 is 0.950 bits per heavy atom. The van der Waals surface area contributed by atoms with Crippen LogP contribution in [0.5, 0.6) is 0 Å². The van der Waals surface area contributed by atoms with Gasteiger partial charge in [-0.1, -0.05) is 30.3 Å². The highest BCUT2D eigenvalue weighted by molar-refractivity contribution is 6.04. The van der Waals surface area contributed by atoms with Gasteiger partial charge in [0.25, 0.3) is 5.91 Å². The zero-order valence-corrected chi connectivity index (χ0v) is 10.1. The first-order chi connectivity index (χ1) is 9.41. The van der Waals surface area contributed by atoms with Crippen LogP contribution in [0.15, 0.2) is 54.6 Å². The van der Waals surface area contributed by atoms with Crippen molar-refractivity contribution in [3.63, 3.8) is 0 Å². The molecule has 2 aromatic carbocycles. The number of benzene rings is 2. The van der Waals surface area contributed by atoms with Gasteiger partial charge in [-0.05, 0) is 24.3 Å². The number of rotatable bonds is 2. The van der Waals surface area contributed by atoms with Gasteiger partial charge in [-0.15, -0.1) is 0 Å². The molecule has 0 saturated carbocycles. The van der Waals surface area contributed by atoms with Crippen LogP contribution in [0.4, 0.5) is 18.9 Å². The van der Waals surface area contributed by atoms with Crippen molar-refractivity contribution in [2.24, 2.45) is 0 Å². The van der Waals surface area contributed by atoms with Gasteiger partial charge in [-0.25, -0.2) is 0 Å². The van der Waals surface area contributed by atoms with E-state index in [4.69, 9.17) is 0 Å². The van der Waals surface area contributed by atoms with Crippen LogP contribution in [-0.2, 0) is 6.18 Å². The van der Waals surface area contributed by atoms with E-state index in [1.54, 1.807) is 18.2 Å². The molecule has 0 spiro atoms. The minimum atomic E-state index is -4.66. The van der Waals surface area contributed by atoms with Crippen molar-refractivity contribution in [3.05, 3.63) is 65.7 Å². The van der Waals surface area contributed by atoms with Crippen LogP contribution in [-0.4, -0.2) is 11.1 Å². The van der Waals surface area contributed by atoms with Gasteiger partial charge in [-0.3, -0.25) is 10.0 Å². The van der Waals surface area contributed by atoms with Crippen molar-refractivity contribution in [2.45, 2.75) is 6.18 Å². The van der Waals surface area contributed by atoms with E-state index in [0.29, 0.717) is 0 Å². The largest absolute Gasteiger partial charge is 0.418 e. The van der Waals surface area contributed by atoms with Crippen molar-refractivity contribution >= 4 is 11.6 Å². The van der Waals surface area contributed by atoms with Crippen molar-refractivity contribution in [1.29, 1.82) is 0 Å². The second-order valence-corrected chi connectivity index (χ2v) is 4.00. The molecule has 0 saturated heterocycles. The molecule has 0 bridgehead atoms. The number of hydrogen-bond donors (Lipinski definition) is 1. The second kappa shape index (κ2) is 5.34. The fourth-order valence-electron chi connectivity index (χ4n) is 1.71. The van der Waals surface area contributed by atoms with Gasteiger partial charge in [0.1, 0.15) is 0 Å². The van der Waals surface area contributed by atoms with Gasteiger partial charge in [0.15, 0.2) is 0 Å². The molecule has 0 aliphatic rings. The number of alkyl halides is 3. The maximum Gasteiger partial charge on any atom is 0.418 e. The van der Waals surface area contributed by atoms with E-state index in [9.17, 15) is 23.2 Å². The highest BCUT2D eigenvalue weighted by Crippen LogP contribution is 2.36. The smallest absolute Gasteiger partial charge is 0.281 e. The summed E-state index contributed by atoms with van der Waals surface area (Å²) in [5.74, 6) is -0.928. The summed E-state index contributed by atoms with van der Waals surface area (Å²) in [5, 5.41) is 9.78. The van der Waals surface area contributed by atoms with Crippen LogP contribution >= 0.6 is 0 Å². The molecular formula is C14H10F3NO2. The van der Waals surface area contributed by atoms with E-state index in [-0.39, 0.29) is 10.6 Å². The minimum absolute atomic E-state index is 0.0121. The molecule has 0 atom stereocenters. The molecule has 0 aliphatic carbocycles. The summed E-state index contributed by atoms with van der Waals surface area (Å²) in [6.07, 6.45) is -4.66. The van der Waals surface area contributed by atoms with Gasteiger partial charge < -0.3 is 0 Å². The Labute approximate surface area is 112 Å². The molecule has 1 N–H and O–H groups in total. The molecule has 0 aromatic heterocycles. The molecule has 0 heterocycles. The molecule has 0 aliphatic heterocycles. The molecule has 104 valence electrons. The van der Waals surface area contributed by atoms with Crippen molar-refractivity contribution in [1.82, 2.24) is 0 Å². The number of anilines is 1. The zero-order chi connectivity index (χ0) is 14.8. The van der Waals surface area contributed by atoms with Gasteiger partial charge in [-0.2, -0.15) is 18.2 Å². The Bertz CT molecular complexity index is 611. The van der Waals surface area contributed by atoms with Crippen molar-refractivity contribution in [2.75, 3.05) is 5.06 Å². The van der Waals surface area contributed by atoms with Gasteiger partial charge in [0, 0.05) is 5.56 Å². The summed E-state index contributed by atoms with van der Waals surface area (Å²) >= 11 is 0. The molecular weight excluding hydrogens is 271 g/mol. The molecule has 1 amide bonds. The maximum absolute atomic E-state index is 12.8. The van der Waals surface area contributed by atoms with E-state index in [2.05, 4.69) is 0 Å². The number of carbonyl (C=O) groups is 1. The van der Waals surface area contributed by atoms with Crippen LogP contribution < -0.4 is 5.06 Å². The molecule has 20 heavy (non-hydrogen) atoms. The highest BCUT2D eigenvalue weighted by Gasteiger charge is 2.35. The molecule has 0 fully saturated rings. The van der Waals surface area contributed by atoms with Gasteiger partial charge >= 0.3 is 6.18 Å². The van der Waals surface area contributed by atoms with Crippen LogP contribution in [0.3, 0.4) is 0 Å². The quantitative estimate of drug-likeness (QED) is 0.673. The first kappa shape index (κ1) is 14.1. The van der Waals surface area contributed by atoms with E-state index in [1.807, 2.05) is 0 Å². The lowest BCUT2D eigenvalue weighted by molar-refractivity contribution is -0.137. The minimum Gasteiger partial charge on any atom is -0.281 e. The predicted molar refractivity (Wildman–Crippen MR) is 66.5 cm³/mol. The second-order valence-electron chi connectivity index (χ2n) is 4.00. The Hall–Kier alpha value is -2.34. The SMILES string of the molecule is O=C(c1ccccc1)N(O)c1ccccc1C(F)(F)F. The third-order valence-corrected chi connectivity index (χ3v) is 2.65. The Kier molecular flexibility index (Phi) is 3.76. The first-order valence-corrected chi connectivity index (χ1v) is 5.66. The van der Waals surface area contributed by atoms with E-state index in [0.717, 1.165) is 12.1 Å². The van der Waals surface area contributed by atoms with Crippen molar-refractivity contribution in [3.8, 4) is 0 Å². The number of para-hydroxylation sites is 1. The lowest BCUT2D eigenvalue weighted by Crippen LogP contribution is -2.29. The first-order valence-electron chi connectivity index (χ1n) is 5.66. The van der Waals surface area contributed by atoms with Gasteiger partial charge in [0.05, 0.1) is 11.3 Å². The van der Waals surface area contributed by atoms with E-state index in [1.165, 1.54) is 24.3 Å². The zero-order valence-electron chi connectivity index (χ0n) is 10.1. The Morgan fingerprint density at radius 3 is 2.10 bits per heavy atom. The monoisotopic (exact) mass is 281 g/mol. The number of halogens is 3. The summed E-state index contributed by atoms with van der Waals surface area (Å²) in [6.45, 7) is 0. The van der Waals surface area contributed by atoms with E-state index < -0.39 is 23.3 Å². The third-order valence-electron chi connectivity index (χ3n) is 2.65. The predicted octanol–water partition coefficient (Wildman–Crippen LogP) is 3.74. The average molecular weight is 281 g/mol.